The monoisotopic (exact) mass is 364 g/mol. The van der Waals surface area contributed by atoms with Gasteiger partial charge in [-0.2, -0.15) is 11.0 Å². The summed E-state index contributed by atoms with van der Waals surface area (Å²) in [6.45, 7) is 6.40. The number of hydroxylamine groups is 2. The average Bonchev–Trinajstić information content (AvgIpc) is 3.30. The van der Waals surface area contributed by atoms with Crippen molar-refractivity contribution in [2.45, 2.75) is 39.8 Å². The van der Waals surface area contributed by atoms with E-state index in [0.717, 1.165) is 24.5 Å². The number of nitrogens with one attached hydrogen (secondary N) is 2. The van der Waals surface area contributed by atoms with E-state index in [0.29, 0.717) is 25.9 Å². The molecule has 10 heteroatoms. The molecule has 0 radical (unpaired) electrons. The van der Waals surface area contributed by atoms with Crippen LogP contribution in [0.2, 0.25) is 0 Å². The highest BCUT2D eigenvalue weighted by atomic mass is 16.7. The van der Waals surface area contributed by atoms with Gasteiger partial charge in [-0.25, -0.2) is 19.6 Å². The molecule has 0 fully saturated rings. The van der Waals surface area contributed by atoms with Gasteiger partial charge in [-0.15, -0.1) is 0 Å². The van der Waals surface area contributed by atoms with Crippen LogP contribution in [0.25, 0.3) is 0 Å². The molecule has 2 aromatic rings. The normalized spacial score (nSPS) is 10.7. The third-order valence-corrected chi connectivity index (χ3v) is 3.57. The Labute approximate surface area is 151 Å². The number of nitrogens with zero attached hydrogens (tertiary/aromatic N) is 4. The van der Waals surface area contributed by atoms with Gasteiger partial charge in [0.05, 0.1) is 24.0 Å². The van der Waals surface area contributed by atoms with E-state index < -0.39 is 11.9 Å². The van der Waals surface area contributed by atoms with Gasteiger partial charge in [0.15, 0.2) is 0 Å². The van der Waals surface area contributed by atoms with E-state index in [1.165, 1.54) is 0 Å². The fraction of sp³-hybridized carbons (Fsp3) is 0.500. The first kappa shape index (κ1) is 19.6. The quantitative estimate of drug-likeness (QED) is 0.344. The molecule has 2 aromatic heterocycles. The minimum atomic E-state index is -1.12. The summed E-state index contributed by atoms with van der Waals surface area (Å²) in [5, 5.41) is 0. The van der Waals surface area contributed by atoms with Crippen molar-refractivity contribution in [2.75, 3.05) is 13.1 Å². The van der Waals surface area contributed by atoms with Crippen molar-refractivity contribution in [1.82, 2.24) is 30.1 Å². The van der Waals surface area contributed by atoms with Gasteiger partial charge in [0.1, 0.15) is 0 Å². The zero-order valence-electron chi connectivity index (χ0n) is 15.0. The third kappa shape index (κ3) is 6.30. The number of rotatable bonds is 10. The zero-order valence-corrected chi connectivity index (χ0v) is 15.0. The summed E-state index contributed by atoms with van der Waals surface area (Å²) in [5.41, 5.74) is 6.59. The van der Waals surface area contributed by atoms with E-state index in [2.05, 4.69) is 30.6 Å². The lowest BCUT2D eigenvalue weighted by molar-refractivity contribution is -0.176. The van der Waals surface area contributed by atoms with Crippen LogP contribution in [-0.4, -0.2) is 44.1 Å². The van der Waals surface area contributed by atoms with Crippen molar-refractivity contribution in [2.24, 2.45) is 0 Å². The highest BCUT2D eigenvalue weighted by molar-refractivity contribution is 6.29. The number of aryl methyl sites for hydroxylation is 2. The lowest BCUT2D eigenvalue weighted by Gasteiger charge is -2.05. The van der Waals surface area contributed by atoms with Gasteiger partial charge < -0.3 is 18.8 Å². The predicted octanol–water partition coefficient (Wildman–Crippen LogP) is 0.000200. The Morgan fingerprint density at radius 2 is 1.31 bits per heavy atom. The summed E-state index contributed by atoms with van der Waals surface area (Å²) in [4.78, 5) is 40.6. The lowest BCUT2D eigenvalue weighted by Crippen LogP contribution is -2.32. The predicted molar refractivity (Wildman–Crippen MR) is 91.4 cm³/mol. The van der Waals surface area contributed by atoms with Gasteiger partial charge in [-0.3, -0.25) is 0 Å². The van der Waals surface area contributed by atoms with Crippen LogP contribution < -0.4 is 11.0 Å². The van der Waals surface area contributed by atoms with Crippen molar-refractivity contribution in [3.63, 3.8) is 0 Å². The molecule has 10 nitrogen and oxygen atoms in total. The van der Waals surface area contributed by atoms with E-state index in [9.17, 15) is 9.59 Å². The lowest BCUT2D eigenvalue weighted by atomic mass is 10.3. The van der Waals surface area contributed by atoms with Gasteiger partial charge in [0.25, 0.3) is 0 Å². The molecule has 0 amide bonds. The van der Waals surface area contributed by atoms with Crippen molar-refractivity contribution >= 4 is 11.9 Å². The molecule has 0 unspecified atom stereocenters. The molecule has 0 saturated carbocycles. The highest BCUT2D eigenvalue weighted by Crippen LogP contribution is 1.97. The maximum absolute atomic E-state index is 11.5. The standard InChI is InChI=1S/C16H24N6O4/c1-3-21-9-13(17-11-21)5-7-19-25-15(23)16(24)26-20-8-6-14-10-22(4-2)12-18-14/h9-12,19-20H,3-8H2,1-2H3. The molecule has 0 atom stereocenters. The maximum atomic E-state index is 11.5. The Balaban J connectivity index is 1.54. The van der Waals surface area contributed by atoms with Gasteiger partial charge in [-0.1, -0.05) is 0 Å². The number of carbonyl (C=O) groups is 2. The van der Waals surface area contributed by atoms with Crippen LogP contribution in [0.3, 0.4) is 0 Å². The molecular formula is C16H24N6O4. The van der Waals surface area contributed by atoms with Crippen LogP contribution in [0, 0.1) is 0 Å². The topological polar surface area (TPSA) is 112 Å². The zero-order chi connectivity index (χ0) is 18.8. The van der Waals surface area contributed by atoms with Crippen molar-refractivity contribution < 1.29 is 19.3 Å². The van der Waals surface area contributed by atoms with Crippen LogP contribution in [0.1, 0.15) is 25.2 Å². The molecule has 26 heavy (non-hydrogen) atoms. The van der Waals surface area contributed by atoms with Crippen molar-refractivity contribution in [1.29, 1.82) is 0 Å². The van der Waals surface area contributed by atoms with Crippen LogP contribution in [0.4, 0.5) is 0 Å². The molecule has 0 spiro atoms. The summed E-state index contributed by atoms with van der Waals surface area (Å²) in [6, 6.07) is 0. The first-order chi connectivity index (χ1) is 12.6. The summed E-state index contributed by atoms with van der Waals surface area (Å²) in [5.74, 6) is -2.24. The van der Waals surface area contributed by atoms with Crippen molar-refractivity contribution in [3.05, 3.63) is 36.4 Å². The smallest absolute Gasteiger partial charge is 0.362 e. The molecule has 0 aliphatic rings. The number of carbonyl (C=O) groups excluding carboxylic acids is 2. The number of imidazole rings is 2. The summed E-state index contributed by atoms with van der Waals surface area (Å²) < 4.78 is 3.88. The maximum Gasteiger partial charge on any atom is 0.437 e. The molecule has 2 N–H and O–H groups in total. The molecule has 0 bridgehead atoms. The highest BCUT2D eigenvalue weighted by Gasteiger charge is 2.18. The first-order valence-electron chi connectivity index (χ1n) is 8.51. The third-order valence-electron chi connectivity index (χ3n) is 3.57. The average molecular weight is 364 g/mol. The first-order valence-corrected chi connectivity index (χ1v) is 8.51. The summed E-state index contributed by atoms with van der Waals surface area (Å²) in [6.07, 6.45) is 8.42. The Hall–Kier alpha value is -2.72. The van der Waals surface area contributed by atoms with E-state index in [1.807, 2.05) is 35.4 Å². The van der Waals surface area contributed by atoms with Gasteiger partial charge in [0.2, 0.25) is 0 Å². The fourth-order valence-electron chi connectivity index (χ4n) is 2.09. The minimum Gasteiger partial charge on any atom is -0.362 e. The van der Waals surface area contributed by atoms with Crippen molar-refractivity contribution in [3.8, 4) is 0 Å². The van der Waals surface area contributed by atoms with E-state index in [-0.39, 0.29) is 0 Å². The van der Waals surface area contributed by atoms with Crippen LogP contribution in [0.5, 0.6) is 0 Å². The summed E-state index contributed by atoms with van der Waals surface area (Å²) in [7, 11) is 0. The summed E-state index contributed by atoms with van der Waals surface area (Å²) >= 11 is 0. The van der Waals surface area contributed by atoms with E-state index in [4.69, 9.17) is 0 Å². The molecule has 0 aromatic carbocycles. The molecular weight excluding hydrogens is 340 g/mol. The minimum absolute atomic E-state index is 0.341. The molecule has 142 valence electrons. The molecule has 2 heterocycles. The largest absolute Gasteiger partial charge is 0.437 e. The Morgan fingerprint density at radius 3 is 1.65 bits per heavy atom. The van der Waals surface area contributed by atoms with Crippen LogP contribution in [-0.2, 0) is 45.2 Å². The number of aromatic nitrogens is 4. The van der Waals surface area contributed by atoms with Gasteiger partial charge in [-0.05, 0) is 13.8 Å². The van der Waals surface area contributed by atoms with Gasteiger partial charge >= 0.3 is 11.9 Å². The second-order valence-electron chi connectivity index (χ2n) is 5.46. The molecule has 0 aliphatic carbocycles. The number of hydrogen-bond acceptors (Lipinski definition) is 8. The van der Waals surface area contributed by atoms with E-state index >= 15 is 0 Å². The fourth-order valence-corrected chi connectivity index (χ4v) is 2.09. The van der Waals surface area contributed by atoms with Gasteiger partial charge in [0, 0.05) is 51.4 Å². The second-order valence-corrected chi connectivity index (χ2v) is 5.46. The Kier molecular flexibility index (Phi) is 7.77. The SMILES string of the molecule is CCn1cnc(CCNOC(=O)C(=O)ONCCc2cn(CC)cn2)c1. The number of hydrogen-bond donors (Lipinski definition) is 2. The Bertz CT molecular complexity index is 651. The molecule has 0 saturated heterocycles. The Morgan fingerprint density at radius 1 is 0.885 bits per heavy atom. The molecule has 2 rings (SSSR count). The second kappa shape index (κ2) is 10.3. The van der Waals surface area contributed by atoms with E-state index in [1.54, 1.807) is 12.7 Å². The van der Waals surface area contributed by atoms with Crippen LogP contribution in [0.15, 0.2) is 25.0 Å². The molecule has 0 aliphatic heterocycles. The van der Waals surface area contributed by atoms with Crippen LogP contribution >= 0.6 is 0 Å².